The molecular weight excluding hydrogens is 457 g/mol. The van der Waals surface area contributed by atoms with E-state index in [1.54, 1.807) is 6.07 Å². The molecule has 4 atom stereocenters. The number of halogens is 3. The van der Waals surface area contributed by atoms with Crippen LogP contribution in [0.5, 0.6) is 0 Å². The lowest BCUT2D eigenvalue weighted by Crippen LogP contribution is -2.50. The molecule has 0 amide bonds. The second kappa shape index (κ2) is 10.6. The van der Waals surface area contributed by atoms with E-state index in [9.17, 15) is 18.0 Å². The van der Waals surface area contributed by atoms with Crippen molar-refractivity contribution in [3.8, 4) is 0 Å². The molecule has 9 heteroatoms. The third-order valence-electron chi connectivity index (χ3n) is 8.04. The minimum Gasteiger partial charge on any atom is -0.381 e. The number of Topliss-reactive ketones (excluding diaryl/α,β-unsaturated/α-hetero) is 1. The Morgan fingerprint density at radius 1 is 1.26 bits per heavy atom. The summed E-state index contributed by atoms with van der Waals surface area (Å²) in [5.41, 5.74) is -0.458. The molecule has 1 saturated carbocycles. The standard InChI is InChI=1S/C26H37F3N4O2/c1-18(2)25(9-7-20(15-25)30-21-8-14-35-17-19(21)3)23(34)16-32-10-12-33(13-11-32)24-6-4-5-22(31-24)26(27,28)29/h4-6,19-21,30H,1,7-17H2,2-3H3/t19-,20-,21?,25+/m1/s1. The summed E-state index contributed by atoms with van der Waals surface area (Å²) in [5, 5.41) is 3.79. The van der Waals surface area contributed by atoms with Crippen LogP contribution in [0.2, 0.25) is 0 Å². The second-order valence-corrected chi connectivity index (χ2v) is 10.5. The van der Waals surface area contributed by atoms with Crippen molar-refractivity contribution in [3.05, 3.63) is 36.0 Å². The number of carbonyl (C=O) groups excluding carboxylic acids is 1. The molecule has 1 unspecified atom stereocenters. The van der Waals surface area contributed by atoms with Crippen LogP contribution in [0.3, 0.4) is 0 Å². The van der Waals surface area contributed by atoms with Crippen LogP contribution in [0.1, 0.15) is 45.2 Å². The molecule has 3 fully saturated rings. The average Bonchev–Trinajstić information content (AvgIpc) is 3.26. The summed E-state index contributed by atoms with van der Waals surface area (Å²) in [6, 6.07) is 4.70. The van der Waals surface area contributed by atoms with E-state index in [0.29, 0.717) is 56.5 Å². The number of pyridine rings is 1. The molecule has 1 aromatic rings. The molecule has 194 valence electrons. The summed E-state index contributed by atoms with van der Waals surface area (Å²) >= 11 is 0. The molecule has 3 heterocycles. The van der Waals surface area contributed by atoms with E-state index in [-0.39, 0.29) is 5.78 Å². The van der Waals surface area contributed by atoms with Crippen LogP contribution in [-0.2, 0) is 15.7 Å². The van der Waals surface area contributed by atoms with E-state index < -0.39 is 17.3 Å². The number of hydrogen-bond donors (Lipinski definition) is 1. The van der Waals surface area contributed by atoms with Crippen molar-refractivity contribution >= 4 is 11.6 Å². The van der Waals surface area contributed by atoms with Crippen LogP contribution in [-0.4, -0.2) is 73.7 Å². The Kier molecular flexibility index (Phi) is 7.88. The predicted molar refractivity (Wildman–Crippen MR) is 129 cm³/mol. The van der Waals surface area contributed by atoms with Gasteiger partial charge in [0.2, 0.25) is 0 Å². The zero-order chi connectivity index (χ0) is 25.2. The van der Waals surface area contributed by atoms with Gasteiger partial charge in [0.05, 0.1) is 18.6 Å². The number of aromatic nitrogens is 1. The van der Waals surface area contributed by atoms with E-state index >= 15 is 0 Å². The maximum atomic E-state index is 13.6. The van der Waals surface area contributed by atoms with Gasteiger partial charge in [-0.15, -0.1) is 0 Å². The summed E-state index contributed by atoms with van der Waals surface area (Å²) < 4.78 is 44.6. The fourth-order valence-electron chi connectivity index (χ4n) is 5.74. The highest BCUT2D eigenvalue weighted by atomic mass is 19.4. The lowest BCUT2D eigenvalue weighted by Gasteiger charge is -2.38. The number of nitrogens with one attached hydrogen (secondary N) is 1. The Hall–Kier alpha value is -1.97. The number of allylic oxidation sites excluding steroid dienone is 1. The highest BCUT2D eigenvalue weighted by Crippen LogP contribution is 2.45. The lowest BCUT2D eigenvalue weighted by atomic mass is 9.75. The van der Waals surface area contributed by atoms with Crippen molar-refractivity contribution in [2.45, 2.75) is 57.8 Å². The number of ketones is 1. The molecule has 4 rings (SSSR count). The van der Waals surface area contributed by atoms with Gasteiger partial charge in [-0.1, -0.05) is 25.1 Å². The van der Waals surface area contributed by atoms with Gasteiger partial charge in [0, 0.05) is 44.9 Å². The SMILES string of the molecule is C=C(C)[C@]1(C(=O)CN2CCN(c3cccc(C(F)(F)F)n3)CC2)CC[C@@H](NC2CCOC[C@H]2C)C1. The van der Waals surface area contributed by atoms with Crippen molar-refractivity contribution < 1.29 is 22.7 Å². The summed E-state index contributed by atoms with van der Waals surface area (Å²) in [5.74, 6) is 0.998. The van der Waals surface area contributed by atoms with Gasteiger partial charge in [0.25, 0.3) is 0 Å². The number of rotatable bonds is 7. The van der Waals surface area contributed by atoms with Crippen LogP contribution in [0.4, 0.5) is 19.0 Å². The molecule has 2 aliphatic heterocycles. The number of carbonyl (C=O) groups is 1. The molecule has 0 aromatic carbocycles. The second-order valence-electron chi connectivity index (χ2n) is 10.5. The van der Waals surface area contributed by atoms with E-state index in [1.807, 2.05) is 11.8 Å². The molecule has 1 aromatic heterocycles. The average molecular weight is 495 g/mol. The maximum absolute atomic E-state index is 13.6. The maximum Gasteiger partial charge on any atom is 0.433 e. The minimum atomic E-state index is -4.46. The number of piperazine rings is 1. The van der Waals surface area contributed by atoms with E-state index in [4.69, 9.17) is 4.74 Å². The van der Waals surface area contributed by atoms with Crippen LogP contribution in [0, 0.1) is 11.3 Å². The molecule has 2 saturated heterocycles. The molecule has 1 N–H and O–H groups in total. The monoisotopic (exact) mass is 494 g/mol. The van der Waals surface area contributed by atoms with Crippen molar-refractivity contribution in [1.82, 2.24) is 15.2 Å². The topological polar surface area (TPSA) is 57.7 Å². The molecule has 6 nitrogen and oxygen atoms in total. The first-order valence-corrected chi connectivity index (χ1v) is 12.6. The van der Waals surface area contributed by atoms with E-state index in [2.05, 4.69) is 28.7 Å². The molecular formula is C26H37F3N4O2. The summed E-state index contributed by atoms with van der Waals surface area (Å²) in [4.78, 5) is 21.4. The zero-order valence-corrected chi connectivity index (χ0v) is 20.7. The van der Waals surface area contributed by atoms with Gasteiger partial charge in [0.1, 0.15) is 11.5 Å². The van der Waals surface area contributed by atoms with Crippen molar-refractivity contribution in [2.24, 2.45) is 11.3 Å². The number of hydrogen-bond acceptors (Lipinski definition) is 6. The van der Waals surface area contributed by atoms with Crippen molar-refractivity contribution in [2.75, 3.05) is 50.8 Å². The van der Waals surface area contributed by atoms with E-state index in [0.717, 1.165) is 50.5 Å². The molecule has 0 bridgehead atoms. The lowest BCUT2D eigenvalue weighted by molar-refractivity contribution is -0.141. The van der Waals surface area contributed by atoms with Gasteiger partial charge >= 0.3 is 6.18 Å². The number of alkyl halides is 3. The summed E-state index contributed by atoms with van der Waals surface area (Å²) in [7, 11) is 0. The quantitative estimate of drug-likeness (QED) is 0.580. The fraction of sp³-hybridized carbons (Fsp3) is 0.692. The first-order valence-electron chi connectivity index (χ1n) is 12.6. The summed E-state index contributed by atoms with van der Waals surface area (Å²) in [6.07, 6.45) is -0.920. The highest BCUT2D eigenvalue weighted by molar-refractivity contribution is 5.90. The Bertz CT molecular complexity index is 916. The molecule has 0 spiro atoms. The Morgan fingerprint density at radius 2 is 2.00 bits per heavy atom. The van der Waals surface area contributed by atoms with Gasteiger partial charge in [0.15, 0.2) is 5.78 Å². The number of nitrogens with zero attached hydrogens (tertiary/aromatic N) is 3. The van der Waals surface area contributed by atoms with E-state index in [1.165, 1.54) is 6.07 Å². The van der Waals surface area contributed by atoms with Gasteiger partial charge in [-0.2, -0.15) is 13.2 Å². The van der Waals surface area contributed by atoms with Gasteiger partial charge in [-0.25, -0.2) is 4.98 Å². The van der Waals surface area contributed by atoms with Crippen LogP contribution < -0.4 is 10.2 Å². The Labute approximate surface area is 205 Å². The Morgan fingerprint density at radius 3 is 2.66 bits per heavy atom. The van der Waals surface area contributed by atoms with Crippen LogP contribution >= 0.6 is 0 Å². The smallest absolute Gasteiger partial charge is 0.381 e. The first kappa shape index (κ1) is 26.1. The molecule has 0 radical (unpaired) electrons. The minimum absolute atomic E-state index is 0.208. The molecule has 35 heavy (non-hydrogen) atoms. The van der Waals surface area contributed by atoms with Crippen molar-refractivity contribution in [3.63, 3.8) is 0 Å². The van der Waals surface area contributed by atoms with Crippen molar-refractivity contribution in [1.29, 1.82) is 0 Å². The third kappa shape index (κ3) is 5.89. The Balaban J connectivity index is 1.33. The number of anilines is 1. The largest absolute Gasteiger partial charge is 0.433 e. The summed E-state index contributed by atoms with van der Waals surface area (Å²) in [6.45, 7) is 12.6. The van der Waals surface area contributed by atoms with Gasteiger partial charge in [-0.05, 0) is 50.7 Å². The molecule has 3 aliphatic rings. The van der Waals surface area contributed by atoms with Gasteiger partial charge in [-0.3, -0.25) is 9.69 Å². The zero-order valence-electron chi connectivity index (χ0n) is 20.7. The number of ether oxygens (including phenoxy) is 1. The van der Waals surface area contributed by atoms with Gasteiger partial charge < -0.3 is 15.0 Å². The third-order valence-corrected chi connectivity index (χ3v) is 8.04. The van der Waals surface area contributed by atoms with Crippen LogP contribution in [0.15, 0.2) is 30.4 Å². The van der Waals surface area contributed by atoms with Crippen LogP contribution in [0.25, 0.3) is 0 Å². The normalized spacial score (nSPS) is 30.4. The highest BCUT2D eigenvalue weighted by Gasteiger charge is 2.46. The first-order chi connectivity index (χ1) is 16.6. The molecule has 1 aliphatic carbocycles. The fourth-order valence-corrected chi connectivity index (χ4v) is 5.74. The predicted octanol–water partition coefficient (Wildman–Crippen LogP) is 3.92.